The van der Waals surface area contributed by atoms with E-state index in [2.05, 4.69) is 9.97 Å². The van der Waals surface area contributed by atoms with Crippen LogP contribution < -0.4 is 9.80 Å². The summed E-state index contributed by atoms with van der Waals surface area (Å²) in [5.74, 6) is 0.520. The molecule has 0 radical (unpaired) electrons. The van der Waals surface area contributed by atoms with Crippen LogP contribution in [0.2, 0.25) is 0 Å². The predicted octanol–water partition coefficient (Wildman–Crippen LogP) is 3.23. The van der Waals surface area contributed by atoms with Gasteiger partial charge in [-0.2, -0.15) is 18.2 Å². The predicted molar refractivity (Wildman–Crippen MR) is 92.2 cm³/mol. The van der Waals surface area contributed by atoms with Crippen molar-refractivity contribution < 1.29 is 18.3 Å². The maximum atomic E-state index is 13.4. The van der Waals surface area contributed by atoms with Crippen LogP contribution >= 0.6 is 0 Å². The Morgan fingerprint density at radius 3 is 2.35 bits per heavy atom. The zero-order chi connectivity index (χ0) is 18.4. The lowest BCUT2D eigenvalue weighted by Gasteiger charge is -2.43. The molecule has 0 unspecified atom stereocenters. The molecule has 0 aromatic carbocycles. The summed E-state index contributed by atoms with van der Waals surface area (Å²) in [6.45, 7) is 2.64. The van der Waals surface area contributed by atoms with E-state index >= 15 is 0 Å². The second-order valence-corrected chi connectivity index (χ2v) is 7.90. The fraction of sp³-hybridized carbons (Fsp3) is 0.778. The molecule has 2 aliphatic heterocycles. The molecule has 5 nitrogen and oxygen atoms in total. The largest absolute Gasteiger partial charge is 0.433 e. The fourth-order valence-electron chi connectivity index (χ4n) is 4.74. The molecule has 2 atom stereocenters. The third-order valence-electron chi connectivity index (χ3n) is 6.17. The van der Waals surface area contributed by atoms with Crippen LogP contribution in [-0.4, -0.2) is 47.4 Å². The van der Waals surface area contributed by atoms with Gasteiger partial charge in [0.25, 0.3) is 0 Å². The average Bonchev–Trinajstić information content (AvgIpc) is 3.25. The number of anilines is 2. The van der Waals surface area contributed by atoms with Crippen molar-refractivity contribution in [2.45, 2.75) is 57.2 Å². The summed E-state index contributed by atoms with van der Waals surface area (Å²) < 4.78 is 40.2. The van der Waals surface area contributed by atoms with Gasteiger partial charge in [-0.3, -0.25) is 0 Å². The maximum Gasteiger partial charge on any atom is 0.433 e. The number of hydrogen-bond donors (Lipinski definition) is 1. The zero-order valence-electron chi connectivity index (χ0n) is 14.8. The van der Waals surface area contributed by atoms with Gasteiger partial charge in [0.05, 0.1) is 6.10 Å². The van der Waals surface area contributed by atoms with Crippen molar-refractivity contribution in [3.8, 4) is 0 Å². The Morgan fingerprint density at radius 2 is 1.69 bits per heavy atom. The lowest BCUT2D eigenvalue weighted by atomic mass is 9.77. The molecule has 3 heterocycles. The molecule has 1 aromatic rings. The minimum Gasteiger partial charge on any atom is -0.392 e. The van der Waals surface area contributed by atoms with E-state index in [0.717, 1.165) is 51.0 Å². The average molecular weight is 370 g/mol. The van der Waals surface area contributed by atoms with E-state index in [-0.39, 0.29) is 17.5 Å². The first-order valence-electron chi connectivity index (χ1n) is 9.52. The van der Waals surface area contributed by atoms with Crippen LogP contribution in [0.15, 0.2) is 6.07 Å². The highest BCUT2D eigenvalue weighted by Gasteiger charge is 2.45. The van der Waals surface area contributed by atoms with E-state index in [9.17, 15) is 18.3 Å². The molecule has 1 saturated carbocycles. The molecule has 0 bridgehead atoms. The first-order chi connectivity index (χ1) is 12.4. The standard InChI is InChI=1S/C18H25F3N4O/c19-18(20,21)13-11-15(23-16(22-13)24-8-1-2-9-24)25-10-4-7-17(12-25)6-3-5-14(17)26/h11,14,26H,1-10,12H2/t14-,17+/m1/s1. The first kappa shape index (κ1) is 17.8. The fourth-order valence-corrected chi connectivity index (χ4v) is 4.74. The quantitative estimate of drug-likeness (QED) is 0.866. The summed E-state index contributed by atoms with van der Waals surface area (Å²) in [6.07, 6.45) is 1.53. The molecule has 8 heteroatoms. The van der Waals surface area contributed by atoms with Gasteiger partial charge in [-0.05, 0) is 38.5 Å². The Hall–Kier alpha value is -1.57. The molecule has 144 valence electrons. The van der Waals surface area contributed by atoms with Gasteiger partial charge in [-0.1, -0.05) is 6.42 Å². The number of rotatable bonds is 2. The molecule has 4 rings (SSSR count). The van der Waals surface area contributed by atoms with Crippen molar-refractivity contribution in [1.29, 1.82) is 0 Å². The zero-order valence-corrected chi connectivity index (χ0v) is 14.8. The summed E-state index contributed by atoms with van der Waals surface area (Å²) >= 11 is 0. The number of hydrogen-bond acceptors (Lipinski definition) is 5. The van der Waals surface area contributed by atoms with Crippen molar-refractivity contribution >= 4 is 11.8 Å². The van der Waals surface area contributed by atoms with Gasteiger partial charge in [0.1, 0.15) is 5.82 Å². The molecular weight excluding hydrogens is 345 g/mol. The van der Waals surface area contributed by atoms with Crippen LogP contribution in [0.3, 0.4) is 0 Å². The number of aliphatic hydroxyl groups excluding tert-OH is 1. The molecule has 1 N–H and O–H groups in total. The molecule has 1 aliphatic carbocycles. The first-order valence-corrected chi connectivity index (χ1v) is 9.52. The molecule has 1 spiro atoms. The Morgan fingerprint density at radius 1 is 1.00 bits per heavy atom. The number of piperidine rings is 1. The Kier molecular flexibility index (Phi) is 4.49. The normalized spacial score (nSPS) is 29.8. The van der Waals surface area contributed by atoms with Crippen molar-refractivity contribution in [3.05, 3.63) is 11.8 Å². The summed E-state index contributed by atoms with van der Waals surface area (Å²) in [5, 5.41) is 10.4. The number of aliphatic hydroxyl groups is 1. The van der Waals surface area contributed by atoms with Crippen molar-refractivity contribution in [2.24, 2.45) is 5.41 Å². The summed E-state index contributed by atoms with van der Waals surface area (Å²) in [5.41, 5.74) is -1.08. The van der Waals surface area contributed by atoms with Crippen LogP contribution in [0.25, 0.3) is 0 Å². The van der Waals surface area contributed by atoms with E-state index in [0.29, 0.717) is 32.0 Å². The highest BCUT2D eigenvalue weighted by atomic mass is 19.4. The van der Waals surface area contributed by atoms with E-state index < -0.39 is 11.9 Å². The molecular formula is C18H25F3N4O. The van der Waals surface area contributed by atoms with E-state index in [4.69, 9.17) is 0 Å². The van der Waals surface area contributed by atoms with Gasteiger partial charge in [-0.25, -0.2) is 4.98 Å². The van der Waals surface area contributed by atoms with Gasteiger partial charge in [0.15, 0.2) is 5.69 Å². The lowest BCUT2D eigenvalue weighted by Crippen LogP contribution is -2.47. The van der Waals surface area contributed by atoms with E-state index in [1.165, 1.54) is 0 Å². The molecule has 26 heavy (non-hydrogen) atoms. The van der Waals surface area contributed by atoms with Crippen LogP contribution in [0.1, 0.15) is 50.6 Å². The van der Waals surface area contributed by atoms with Gasteiger partial charge in [0.2, 0.25) is 5.95 Å². The minimum absolute atomic E-state index is 0.180. The highest BCUT2D eigenvalue weighted by molar-refractivity contribution is 5.48. The smallest absolute Gasteiger partial charge is 0.392 e. The molecule has 3 aliphatic rings. The third-order valence-corrected chi connectivity index (χ3v) is 6.17. The van der Waals surface area contributed by atoms with Gasteiger partial charge in [-0.15, -0.1) is 0 Å². The van der Waals surface area contributed by atoms with Crippen molar-refractivity contribution in [3.63, 3.8) is 0 Å². The second-order valence-electron chi connectivity index (χ2n) is 7.90. The third kappa shape index (κ3) is 3.23. The molecule has 3 fully saturated rings. The lowest BCUT2D eigenvalue weighted by molar-refractivity contribution is -0.141. The number of halogens is 3. The monoisotopic (exact) mass is 370 g/mol. The highest BCUT2D eigenvalue weighted by Crippen LogP contribution is 2.46. The van der Waals surface area contributed by atoms with Crippen LogP contribution in [0.4, 0.5) is 24.9 Å². The van der Waals surface area contributed by atoms with E-state index in [1.54, 1.807) is 0 Å². The SMILES string of the molecule is O[C@@H]1CCC[C@@]12CCCN(c1cc(C(F)(F)F)nc(N3CCCC3)n1)C2. The van der Waals surface area contributed by atoms with Gasteiger partial charge < -0.3 is 14.9 Å². The van der Waals surface area contributed by atoms with Gasteiger partial charge in [0, 0.05) is 37.7 Å². The van der Waals surface area contributed by atoms with Crippen molar-refractivity contribution in [2.75, 3.05) is 36.0 Å². The second kappa shape index (κ2) is 6.55. The van der Waals surface area contributed by atoms with E-state index in [1.807, 2.05) is 9.80 Å². The van der Waals surface area contributed by atoms with Gasteiger partial charge >= 0.3 is 6.18 Å². The van der Waals surface area contributed by atoms with Crippen LogP contribution in [0.5, 0.6) is 0 Å². The number of alkyl halides is 3. The number of nitrogens with zero attached hydrogens (tertiary/aromatic N) is 4. The summed E-state index contributed by atoms with van der Waals surface area (Å²) in [4.78, 5) is 12.1. The minimum atomic E-state index is -4.49. The Labute approximate surface area is 151 Å². The Bertz CT molecular complexity index is 662. The summed E-state index contributed by atoms with van der Waals surface area (Å²) in [6, 6.07) is 1.07. The number of aromatic nitrogens is 2. The molecule has 0 amide bonds. The maximum absolute atomic E-state index is 13.4. The molecule has 2 saturated heterocycles. The topological polar surface area (TPSA) is 52.5 Å². The molecule has 1 aromatic heterocycles. The Balaban J connectivity index is 1.67. The van der Waals surface area contributed by atoms with Crippen molar-refractivity contribution in [1.82, 2.24) is 9.97 Å². The van der Waals surface area contributed by atoms with Crippen LogP contribution in [0, 0.1) is 5.41 Å². The van der Waals surface area contributed by atoms with Crippen LogP contribution in [-0.2, 0) is 6.18 Å². The summed E-state index contributed by atoms with van der Waals surface area (Å²) in [7, 11) is 0.